The summed E-state index contributed by atoms with van der Waals surface area (Å²) < 4.78 is 48.0. The van der Waals surface area contributed by atoms with Crippen LogP contribution < -0.4 is 20.1 Å². The maximum absolute atomic E-state index is 12.4. The monoisotopic (exact) mass is 450 g/mol. The zero-order chi connectivity index (χ0) is 23.7. The zero-order valence-corrected chi connectivity index (χ0v) is 18.0. The van der Waals surface area contributed by atoms with Crippen molar-refractivity contribution in [1.82, 2.24) is 5.32 Å². The van der Waals surface area contributed by atoms with Crippen LogP contribution in [0, 0.1) is 6.92 Å². The van der Waals surface area contributed by atoms with Gasteiger partial charge in [-0.1, -0.05) is 12.1 Å². The Balaban J connectivity index is 2.10. The lowest BCUT2D eigenvalue weighted by Crippen LogP contribution is -2.33. The minimum atomic E-state index is -4.51. The van der Waals surface area contributed by atoms with Crippen molar-refractivity contribution in [3.05, 3.63) is 59.2 Å². The lowest BCUT2D eigenvalue weighted by molar-refractivity contribution is -0.123. The van der Waals surface area contributed by atoms with Gasteiger partial charge in [-0.3, -0.25) is 9.59 Å². The molecular weight excluding hydrogens is 425 g/mol. The number of ether oxygens (including phenoxy) is 2. The van der Waals surface area contributed by atoms with E-state index in [1.807, 2.05) is 13.8 Å². The molecule has 2 rings (SSSR count). The molecule has 0 aliphatic carbocycles. The number of alkyl halides is 3. The second kappa shape index (κ2) is 11.2. The first-order valence-corrected chi connectivity index (χ1v) is 9.97. The minimum Gasteiger partial charge on any atom is -0.490 e. The van der Waals surface area contributed by atoms with Crippen LogP contribution in [0.15, 0.2) is 42.5 Å². The molecule has 6 nitrogen and oxygen atoms in total. The Morgan fingerprint density at radius 2 is 1.69 bits per heavy atom. The number of hydrogen-bond donors (Lipinski definition) is 2. The standard InChI is InChI=1S/C23H25F3N2O4/c1-4-31-19-10-7-16(12-20(19)32-5-2)8-11-21(29)28-18-13-17(9-6-15(18)3)22(30)27-14-23(24,25)26/h6-13H,4-5,14H2,1-3H3,(H,27,30)(H,28,29)/b11-8+. The molecule has 0 bridgehead atoms. The predicted molar refractivity (Wildman–Crippen MR) is 116 cm³/mol. The number of aryl methyl sites for hydroxylation is 1. The van der Waals surface area contributed by atoms with Crippen molar-refractivity contribution >= 4 is 23.6 Å². The smallest absolute Gasteiger partial charge is 0.405 e. The number of carbonyl (C=O) groups excluding carboxylic acids is 2. The molecule has 2 aromatic rings. The first kappa shape index (κ1) is 24.8. The molecule has 0 atom stereocenters. The molecular formula is C23H25F3N2O4. The van der Waals surface area contributed by atoms with Gasteiger partial charge < -0.3 is 20.1 Å². The first-order valence-electron chi connectivity index (χ1n) is 9.97. The van der Waals surface area contributed by atoms with Crippen LogP contribution in [-0.4, -0.2) is 37.7 Å². The maximum atomic E-state index is 12.4. The average Bonchev–Trinajstić information content (AvgIpc) is 2.73. The highest BCUT2D eigenvalue weighted by molar-refractivity contribution is 6.03. The molecule has 0 aromatic heterocycles. The lowest BCUT2D eigenvalue weighted by Gasteiger charge is -2.12. The number of rotatable bonds is 9. The molecule has 0 fully saturated rings. The Morgan fingerprint density at radius 3 is 2.34 bits per heavy atom. The highest BCUT2D eigenvalue weighted by atomic mass is 19.4. The van der Waals surface area contributed by atoms with Gasteiger partial charge in [-0.2, -0.15) is 13.2 Å². The number of amides is 2. The van der Waals surface area contributed by atoms with Gasteiger partial charge in [0.05, 0.1) is 13.2 Å². The summed E-state index contributed by atoms with van der Waals surface area (Å²) in [5.74, 6) is -0.184. The van der Waals surface area contributed by atoms with Crippen molar-refractivity contribution in [2.45, 2.75) is 26.9 Å². The van der Waals surface area contributed by atoms with E-state index in [1.165, 1.54) is 18.2 Å². The Hall–Kier alpha value is -3.49. The summed E-state index contributed by atoms with van der Waals surface area (Å²) in [5.41, 5.74) is 1.69. The van der Waals surface area contributed by atoms with E-state index in [-0.39, 0.29) is 5.56 Å². The highest BCUT2D eigenvalue weighted by Gasteiger charge is 2.28. The Labute approximate surface area is 184 Å². The van der Waals surface area contributed by atoms with Crippen molar-refractivity contribution in [1.29, 1.82) is 0 Å². The minimum absolute atomic E-state index is 0.00648. The van der Waals surface area contributed by atoms with Crippen LogP contribution >= 0.6 is 0 Å². The van der Waals surface area contributed by atoms with Crippen molar-refractivity contribution in [3.63, 3.8) is 0 Å². The van der Waals surface area contributed by atoms with Gasteiger partial charge in [-0.15, -0.1) is 0 Å². The van der Waals surface area contributed by atoms with Crippen LogP contribution in [0.1, 0.15) is 35.3 Å². The second-order valence-corrected chi connectivity index (χ2v) is 6.72. The van der Waals surface area contributed by atoms with E-state index in [9.17, 15) is 22.8 Å². The van der Waals surface area contributed by atoms with Crippen LogP contribution in [0.2, 0.25) is 0 Å². The third-order valence-corrected chi connectivity index (χ3v) is 4.20. The lowest BCUT2D eigenvalue weighted by atomic mass is 10.1. The molecule has 172 valence electrons. The number of nitrogens with one attached hydrogen (secondary N) is 2. The van der Waals surface area contributed by atoms with E-state index in [1.54, 1.807) is 42.6 Å². The van der Waals surface area contributed by atoms with Crippen LogP contribution in [0.4, 0.5) is 18.9 Å². The molecule has 0 spiro atoms. The highest BCUT2D eigenvalue weighted by Crippen LogP contribution is 2.29. The quantitative estimate of drug-likeness (QED) is 0.542. The normalized spacial score (nSPS) is 11.3. The molecule has 0 unspecified atom stereocenters. The number of benzene rings is 2. The van der Waals surface area contributed by atoms with Crippen molar-refractivity contribution in [2.75, 3.05) is 25.1 Å². The molecule has 9 heteroatoms. The van der Waals surface area contributed by atoms with E-state index >= 15 is 0 Å². The van der Waals surface area contributed by atoms with Gasteiger partial charge in [0, 0.05) is 17.3 Å². The van der Waals surface area contributed by atoms with Gasteiger partial charge in [0.1, 0.15) is 6.54 Å². The van der Waals surface area contributed by atoms with Crippen LogP contribution in [0.25, 0.3) is 6.08 Å². The summed E-state index contributed by atoms with van der Waals surface area (Å²) >= 11 is 0. The molecule has 0 aliphatic rings. The van der Waals surface area contributed by atoms with Crippen LogP contribution in [0.5, 0.6) is 11.5 Å². The maximum Gasteiger partial charge on any atom is 0.405 e. The average molecular weight is 450 g/mol. The van der Waals surface area contributed by atoms with Crippen molar-refractivity contribution in [2.24, 2.45) is 0 Å². The third kappa shape index (κ3) is 7.64. The van der Waals surface area contributed by atoms with E-state index in [0.29, 0.717) is 41.5 Å². The number of halogens is 3. The summed E-state index contributed by atoms with van der Waals surface area (Å²) in [4.78, 5) is 24.3. The Morgan fingerprint density at radius 1 is 1.00 bits per heavy atom. The first-order chi connectivity index (χ1) is 15.1. The summed E-state index contributed by atoms with van der Waals surface area (Å²) in [6, 6.07) is 9.53. The molecule has 0 saturated heterocycles. The molecule has 0 radical (unpaired) electrons. The molecule has 2 amide bonds. The van der Waals surface area contributed by atoms with E-state index in [0.717, 1.165) is 0 Å². The Kier molecular flexibility index (Phi) is 8.69. The molecule has 2 aromatic carbocycles. The molecule has 0 saturated carbocycles. The van der Waals surface area contributed by atoms with E-state index in [2.05, 4.69) is 5.32 Å². The van der Waals surface area contributed by atoms with Gasteiger partial charge in [-0.05, 0) is 62.2 Å². The van der Waals surface area contributed by atoms with Crippen LogP contribution in [0.3, 0.4) is 0 Å². The summed E-state index contributed by atoms with van der Waals surface area (Å²) in [7, 11) is 0. The molecule has 32 heavy (non-hydrogen) atoms. The number of anilines is 1. The van der Waals surface area contributed by atoms with E-state index < -0.39 is 24.5 Å². The fourth-order valence-electron chi connectivity index (χ4n) is 2.70. The van der Waals surface area contributed by atoms with E-state index in [4.69, 9.17) is 9.47 Å². The second-order valence-electron chi connectivity index (χ2n) is 6.72. The SMILES string of the molecule is CCOc1ccc(/C=C/C(=O)Nc2cc(C(=O)NCC(F)(F)F)ccc2C)cc1OCC. The fraction of sp³-hybridized carbons (Fsp3) is 0.304. The zero-order valence-electron chi connectivity index (χ0n) is 18.0. The van der Waals surface area contributed by atoms with Gasteiger partial charge in [0.25, 0.3) is 5.91 Å². The molecule has 0 heterocycles. The topological polar surface area (TPSA) is 76.7 Å². The van der Waals surface area contributed by atoms with Gasteiger partial charge >= 0.3 is 6.18 Å². The largest absolute Gasteiger partial charge is 0.490 e. The fourth-order valence-corrected chi connectivity index (χ4v) is 2.70. The van der Waals surface area contributed by atoms with Gasteiger partial charge in [0.2, 0.25) is 5.91 Å². The summed E-state index contributed by atoms with van der Waals surface area (Å²) in [6.07, 6.45) is -1.62. The number of hydrogen-bond acceptors (Lipinski definition) is 4. The van der Waals surface area contributed by atoms with Crippen molar-refractivity contribution < 1.29 is 32.2 Å². The summed E-state index contributed by atoms with van der Waals surface area (Å²) in [6.45, 7) is 4.94. The molecule has 0 aliphatic heterocycles. The Bertz CT molecular complexity index is 988. The molecule has 2 N–H and O–H groups in total. The van der Waals surface area contributed by atoms with Crippen molar-refractivity contribution in [3.8, 4) is 11.5 Å². The third-order valence-electron chi connectivity index (χ3n) is 4.20. The van der Waals surface area contributed by atoms with Gasteiger partial charge in [-0.25, -0.2) is 0 Å². The van der Waals surface area contributed by atoms with Gasteiger partial charge in [0.15, 0.2) is 11.5 Å². The summed E-state index contributed by atoms with van der Waals surface area (Å²) in [5, 5.41) is 4.44. The van der Waals surface area contributed by atoms with Crippen LogP contribution in [-0.2, 0) is 4.79 Å². The predicted octanol–water partition coefficient (Wildman–Crippen LogP) is 4.74. The number of carbonyl (C=O) groups is 2.